The van der Waals surface area contributed by atoms with Crippen LogP contribution < -0.4 is 4.74 Å². The van der Waals surface area contributed by atoms with Gasteiger partial charge in [0.05, 0.1) is 24.4 Å². The summed E-state index contributed by atoms with van der Waals surface area (Å²) in [4.78, 5) is 2.20. The van der Waals surface area contributed by atoms with Crippen LogP contribution in [0.2, 0.25) is 0 Å². The van der Waals surface area contributed by atoms with Gasteiger partial charge < -0.3 is 4.74 Å². The maximum atomic E-state index is 5.14. The van der Waals surface area contributed by atoms with Crippen molar-refractivity contribution in [2.75, 3.05) is 14.2 Å². The van der Waals surface area contributed by atoms with Crippen molar-refractivity contribution in [2.45, 2.75) is 13.2 Å². The number of methoxy groups -OCH3 is 1. The molecule has 1 aromatic carbocycles. The van der Waals surface area contributed by atoms with Crippen molar-refractivity contribution in [2.24, 2.45) is 0 Å². The van der Waals surface area contributed by atoms with E-state index in [1.165, 1.54) is 5.56 Å². The zero-order valence-electron chi connectivity index (χ0n) is 10.5. The fraction of sp³-hybridized carbons (Fsp3) is 0.308. The van der Waals surface area contributed by atoms with Crippen LogP contribution in [0.4, 0.5) is 0 Å². The normalized spacial score (nSPS) is 10.9. The molecule has 2 rings (SSSR count). The monoisotopic (exact) mass is 309 g/mol. The molecule has 0 amide bonds. The largest absolute Gasteiger partial charge is 0.497 e. The van der Waals surface area contributed by atoms with Crippen molar-refractivity contribution >= 4 is 15.9 Å². The predicted octanol–water partition coefficient (Wildman–Crippen LogP) is 2.74. The van der Waals surface area contributed by atoms with Crippen LogP contribution in [0.3, 0.4) is 0 Å². The molecule has 1 heterocycles. The molecule has 0 fully saturated rings. The summed E-state index contributed by atoms with van der Waals surface area (Å²) in [6, 6.07) is 8.12. The Morgan fingerprint density at radius 2 is 2.06 bits per heavy atom. The van der Waals surface area contributed by atoms with E-state index < -0.39 is 0 Å². The average Bonchev–Trinajstić information content (AvgIpc) is 2.75. The summed E-state index contributed by atoms with van der Waals surface area (Å²) < 4.78 is 8.04. The van der Waals surface area contributed by atoms with E-state index in [0.717, 1.165) is 23.4 Å². The topological polar surface area (TPSA) is 30.3 Å². The minimum atomic E-state index is 0.762. The van der Waals surface area contributed by atoms with Gasteiger partial charge in [-0.2, -0.15) is 5.10 Å². The lowest BCUT2D eigenvalue weighted by Crippen LogP contribution is -2.21. The molecule has 0 saturated heterocycles. The molecule has 0 saturated carbocycles. The molecule has 18 heavy (non-hydrogen) atoms. The first-order chi connectivity index (χ1) is 8.67. The molecule has 5 heteroatoms. The van der Waals surface area contributed by atoms with Crippen molar-refractivity contribution in [1.82, 2.24) is 14.7 Å². The fourth-order valence-electron chi connectivity index (χ4n) is 1.76. The van der Waals surface area contributed by atoms with Crippen LogP contribution in [-0.4, -0.2) is 28.8 Å². The molecule has 0 unspecified atom stereocenters. The molecule has 0 N–H and O–H groups in total. The molecular weight excluding hydrogens is 294 g/mol. The third kappa shape index (κ3) is 3.58. The van der Waals surface area contributed by atoms with Gasteiger partial charge in [-0.3, -0.25) is 9.58 Å². The molecule has 0 aliphatic rings. The second kappa shape index (κ2) is 6.02. The zero-order valence-corrected chi connectivity index (χ0v) is 12.1. The Bertz CT molecular complexity index is 495. The van der Waals surface area contributed by atoms with Gasteiger partial charge >= 0.3 is 0 Å². The standard InChI is InChI=1S/C13H16BrN3O/c1-16(10-17-9-12(14)7-15-17)8-11-3-5-13(18-2)6-4-11/h3-7,9H,8,10H2,1-2H3. The molecule has 0 bridgehead atoms. The van der Waals surface area contributed by atoms with Crippen molar-refractivity contribution in [1.29, 1.82) is 0 Å². The summed E-state index contributed by atoms with van der Waals surface area (Å²) in [5.41, 5.74) is 1.25. The molecule has 96 valence electrons. The average molecular weight is 310 g/mol. The Hall–Kier alpha value is -1.33. The van der Waals surface area contributed by atoms with Crippen LogP contribution in [0.5, 0.6) is 5.75 Å². The van der Waals surface area contributed by atoms with Gasteiger partial charge in [-0.25, -0.2) is 0 Å². The third-order valence-electron chi connectivity index (χ3n) is 2.60. The number of rotatable bonds is 5. The number of hydrogen-bond donors (Lipinski definition) is 0. The molecule has 0 radical (unpaired) electrons. The lowest BCUT2D eigenvalue weighted by atomic mass is 10.2. The number of hydrogen-bond acceptors (Lipinski definition) is 3. The van der Waals surface area contributed by atoms with Gasteiger partial charge in [0.2, 0.25) is 0 Å². The number of nitrogens with zero attached hydrogens (tertiary/aromatic N) is 3. The summed E-state index contributed by atoms with van der Waals surface area (Å²) in [5.74, 6) is 0.886. The van der Waals surface area contributed by atoms with E-state index in [0.29, 0.717) is 0 Å². The number of aromatic nitrogens is 2. The van der Waals surface area contributed by atoms with Crippen molar-refractivity contribution in [3.63, 3.8) is 0 Å². The van der Waals surface area contributed by atoms with Gasteiger partial charge in [-0.05, 0) is 40.7 Å². The number of benzene rings is 1. The SMILES string of the molecule is COc1ccc(CN(C)Cn2cc(Br)cn2)cc1. The van der Waals surface area contributed by atoms with Crippen LogP contribution >= 0.6 is 15.9 Å². The highest BCUT2D eigenvalue weighted by Gasteiger charge is 2.02. The first-order valence-corrected chi connectivity index (χ1v) is 6.46. The van der Waals surface area contributed by atoms with E-state index in [1.807, 2.05) is 23.0 Å². The zero-order chi connectivity index (χ0) is 13.0. The molecule has 0 aliphatic heterocycles. The van der Waals surface area contributed by atoms with Gasteiger partial charge in [-0.15, -0.1) is 0 Å². The summed E-state index contributed by atoms with van der Waals surface area (Å²) >= 11 is 3.39. The Morgan fingerprint density at radius 3 is 2.61 bits per heavy atom. The van der Waals surface area contributed by atoms with Gasteiger partial charge in [0.25, 0.3) is 0 Å². The second-order valence-corrected chi connectivity index (χ2v) is 5.12. The van der Waals surface area contributed by atoms with E-state index in [1.54, 1.807) is 13.3 Å². The molecule has 0 aliphatic carbocycles. The van der Waals surface area contributed by atoms with E-state index in [2.05, 4.69) is 45.1 Å². The minimum absolute atomic E-state index is 0.762. The highest BCUT2D eigenvalue weighted by atomic mass is 79.9. The third-order valence-corrected chi connectivity index (χ3v) is 3.01. The Kier molecular flexibility index (Phi) is 4.38. The maximum absolute atomic E-state index is 5.14. The summed E-state index contributed by atoms with van der Waals surface area (Å²) in [6.07, 6.45) is 3.76. The van der Waals surface area contributed by atoms with Gasteiger partial charge in [0.15, 0.2) is 0 Å². The number of ether oxygens (including phenoxy) is 1. The molecule has 4 nitrogen and oxygen atoms in total. The molecular formula is C13H16BrN3O. The Morgan fingerprint density at radius 1 is 1.33 bits per heavy atom. The first-order valence-electron chi connectivity index (χ1n) is 5.67. The summed E-state index contributed by atoms with van der Waals surface area (Å²) in [7, 11) is 3.75. The van der Waals surface area contributed by atoms with Crippen LogP contribution in [0.15, 0.2) is 41.1 Å². The highest BCUT2D eigenvalue weighted by Crippen LogP contribution is 2.13. The minimum Gasteiger partial charge on any atom is -0.497 e. The summed E-state index contributed by atoms with van der Waals surface area (Å²) in [6.45, 7) is 1.64. The molecule has 2 aromatic rings. The van der Waals surface area contributed by atoms with Crippen molar-refractivity contribution in [3.05, 3.63) is 46.7 Å². The Balaban J connectivity index is 1.91. The molecule has 0 atom stereocenters. The lowest BCUT2D eigenvalue weighted by Gasteiger charge is -2.16. The predicted molar refractivity (Wildman–Crippen MR) is 74.4 cm³/mol. The first kappa shape index (κ1) is 13.1. The van der Waals surface area contributed by atoms with Crippen LogP contribution in [0.25, 0.3) is 0 Å². The quantitative estimate of drug-likeness (QED) is 0.851. The van der Waals surface area contributed by atoms with Crippen LogP contribution in [0, 0.1) is 0 Å². The maximum Gasteiger partial charge on any atom is 0.118 e. The second-order valence-electron chi connectivity index (χ2n) is 4.20. The van der Waals surface area contributed by atoms with E-state index in [4.69, 9.17) is 4.74 Å². The smallest absolute Gasteiger partial charge is 0.118 e. The Labute approximate surface area is 115 Å². The van der Waals surface area contributed by atoms with Crippen molar-refractivity contribution in [3.8, 4) is 5.75 Å². The van der Waals surface area contributed by atoms with E-state index >= 15 is 0 Å². The fourth-order valence-corrected chi connectivity index (χ4v) is 2.08. The molecule has 0 spiro atoms. The van der Waals surface area contributed by atoms with E-state index in [9.17, 15) is 0 Å². The number of halogens is 1. The van der Waals surface area contributed by atoms with Crippen molar-refractivity contribution < 1.29 is 4.74 Å². The summed E-state index contributed by atoms with van der Waals surface area (Å²) in [5, 5.41) is 4.23. The highest BCUT2D eigenvalue weighted by molar-refractivity contribution is 9.10. The van der Waals surface area contributed by atoms with Gasteiger partial charge in [0.1, 0.15) is 5.75 Å². The van der Waals surface area contributed by atoms with Crippen LogP contribution in [-0.2, 0) is 13.2 Å². The van der Waals surface area contributed by atoms with Gasteiger partial charge in [0, 0.05) is 12.7 Å². The molecule has 1 aromatic heterocycles. The van der Waals surface area contributed by atoms with Gasteiger partial charge in [-0.1, -0.05) is 12.1 Å². The van der Waals surface area contributed by atoms with E-state index in [-0.39, 0.29) is 0 Å². The lowest BCUT2D eigenvalue weighted by molar-refractivity contribution is 0.246. The van der Waals surface area contributed by atoms with Crippen LogP contribution in [0.1, 0.15) is 5.56 Å².